The van der Waals surface area contributed by atoms with Crippen LogP contribution in [0.5, 0.6) is 0 Å². The molecular formula is C10H9IN4O2. The molecule has 1 aromatic carbocycles. The number of nitrogens with two attached hydrogens (primary N) is 1. The van der Waals surface area contributed by atoms with Gasteiger partial charge in [-0.05, 0) is 35.6 Å². The lowest BCUT2D eigenvalue weighted by molar-refractivity contribution is -0.384. The van der Waals surface area contributed by atoms with Crippen molar-refractivity contribution in [3.8, 4) is 5.69 Å². The Kier molecular flexibility index (Phi) is 3.01. The Morgan fingerprint density at radius 1 is 1.53 bits per heavy atom. The standard InChI is InChI=1S/C10H9IN4O2/c1-6-9(11)10(12)14(13-6)7-3-2-4-8(5-7)15(16)17/h2-5H,12H2,1H3. The summed E-state index contributed by atoms with van der Waals surface area (Å²) >= 11 is 2.10. The first kappa shape index (κ1) is 11.8. The van der Waals surface area contributed by atoms with E-state index in [1.165, 1.54) is 16.8 Å². The average molecular weight is 344 g/mol. The molecule has 0 aliphatic carbocycles. The van der Waals surface area contributed by atoms with Gasteiger partial charge in [-0.1, -0.05) is 6.07 Å². The summed E-state index contributed by atoms with van der Waals surface area (Å²) in [6.45, 7) is 1.84. The zero-order valence-electron chi connectivity index (χ0n) is 8.92. The van der Waals surface area contributed by atoms with Crippen LogP contribution in [0.2, 0.25) is 0 Å². The number of rotatable bonds is 2. The van der Waals surface area contributed by atoms with Crippen molar-refractivity contribution in [3.63, 3.8) is 0 Å². The van der Waals surface area contributed by atoms with Crippen LogP contribution in [0.1, 0.15) is 5.69 Å². The molecule has 0 aliphatic heterocycles. The van der Waals surface area contributed by atoms with Gasteiger partial charge in [0.2, 0.25) is 0 Å². The molecule has 17 heavy (non-hydrogen) atoms. The Morgan fingerprint density at radius 2 is 2.24 bits per heavy atom. The number of hydrogen-bond donors (Lipinski definition) is 1. The van der Waals surface area contributed by atoms with Crippen molar-refractivity contribution in [2.24, 2.45) is 0 Å². The van der Waals surface area contributed by atoms with E-state index in [1.54, 1.807) is 12.1 Å². The lowest BCUT2D eigenvalue weighted by Gasteiger charge is -2.03. The lowest BCUT2D eigenvalue weighted by Crippen LogP contribution is -2.02. The van der Waals surface area contributed by atoms with E-state index in [0.29, 0.717) is 11.5 Å². The van der Waals surface area contributed by atoms with Crippen molar-refractivity contribution in [3.05, 3.63) is 43.6 Å². The van der Waals surface area contributed by atoms with Gasteiger partial charge in [-0.15, -0.1) is 0 Å². The highest BCUT2D eigenvalue weighted by Crippen LogP contribution is 2.24. The van der Waals surface area contributed by atoms with Gasteiger partial charge in [-0.25, -0.2) is 4.68 Å². The monoisotopic (exact) mass is 344 g/mol. The maximum Gasteiger partial charge on any atom is 0.271 e. The zero-order chi connectivity index (χ0) is 12.6. The normalized spacial score (nSPS) is 10.5. The summed E-state index contributed by atoms with van der Waals surface area (Å²) in [5.41, 5.74) is 7.29. The number of aromatic nitrogens is 2. The number of aryl methyl sites for hydroxylation is 1. The number of non-ortho nitro benzene ring substituents is 1. The van der Waals surface area contributed by atoms with E-state index in [4.69, 9.17) is 5.73 Å². The van der Waals surface area contributed by atoms with E-state index in [2.05, 4.69) is 27.7 Å². The number of nitrogen functional groups attached to an aromatic ring is 1. The second kappa shape index (κ2) is 4.32. The molecule has 6 nitrogen and oxygen atoms in total. The minimum Gasteiger partial charge on any atom is -0.383 e. The molecule has 0 aliphatic rings. The smallest absolute Gasteiger partial charge is 0.271 e. The molecule has 0 fully saturated rings. The third kappa shape index (κ3) is 2.09. The third-order valence-electron chi connectivity index (χ3n) is 2.31. The van der Waals surface area contributed by atoms with Crippen LogP contribution in [0.15, 0.2) is 24.3 Å². The van der Waals surface area contributed by atoms with Crippen molar-refractivity contribution < 1.29 is 4.92 Å². The fraction of sp³-hybridized carbons (Fsp3) is 0.100. The number of benzene rings is 1. The topological polar surface area (TPSA) is 87.0 Å². The molecule has 0 amide bonds. The second-order valence-corrected chi connectivity index (χ2v) is 4.55. The second-order valence-electron chi connectivity index (χ2n) is 3.47. The predicted molar refractivity (Wildman–Crippen MR) is 72.1 cm³/mol. The Bertz CT molecular complexity index is 594. The van der Waals surface area contributed by atoms with Crippen LogP contribution in [0.3, 0.4) is 0 Å². The molecule has 0 bridgehead atoms. The molecule has 2 N–H and O–H groups in total. The summed E-state index contributed by atoms with van der Waals surface area (Å²) in [4.78, 5) is 10.2. The van der Waals surface area contributed by atoms with E-state index in [1.807, 2.05) is 6.92 Å². The number of hydrogen-bond acceptors (Lipinski definition) is 4. The van der Waals surface area contributed by atoms with Gasteiger partial charge in [-0.2, -0.15) is 5.10 Å². The number of nitro groups is 1. The third-order valence-corrected chi connectivity index (χ3v) is 3.64. The van der Waals surface area contributed by atoms with Gasteiger partial charge < -0.3 is 5.73 Å². The maximum absolute atomic E-state index is 10.7. The minimum absolute atomic E-state index is 0.0186. The van der Waals surface area contributed by atoms with Crippen molar-refractivity contribution in [1.82, 2.24) is 9.78 Å². The van der Waals surface area contributed by atoms with Gasteiger partial charge in [0.1, 0.15) is 5.82 Å². The predicted octanol–water partition coefficient (Wildman–Crippen LogP) is 2.28. The molecule has 0 atom stereocenters. The Hall–Kier alpha value is -1.64. The number of nitro benzene ring substituents is 1. The molecule has 0 saturated heterocycles. The van der Waals surface area contributed by atoms with Crippen LogP contribution in [-0.4, -0.2) is 14.7 Å². The molecule has 0 unspecified atom stereocenters. The first-order valence-electron chi connectivity index (χ1n) is 4.76. The van der Waals surface area contributed by atoms with Crippen molar-refractivity contribution in [2.45, 2.75) is 6.92 Å². The van der Waals surface area contributed by atoms with Crippen LogP contribution in [0.4, 0.5) is 11.5 Å². The summed E-state index contributed by atoms with van der Waals surface area (Å²) in [6.07, 6.45) is 0. The zero-order valence-corrected chi connectivity index (χ0v) is 11.1. The van der Waals surface area contributed by atoms with Gasteiger partial charge in [-0.3, -0.25) is 10.1 Å². The number of anilines is 1. The fourth-order valence-electron chi connectivity index (χ4n) is 1.46. The highest BCUT2D eigenvalue weighted by Gasteiger charge is 2.13. The van der Waals surface area contributed by atoms with Crippen LogP contribution >= 0.6 is 22.6 Å². The Balaban J connectivity index is 2.56. The van der Waals surface area contributed by atoms with E-state index in [0.717, 1.165) is 9.26 Å². The van der Waals surface area contributed by atoms with Crippen LogP contribution in [0, 0.1) is 20.6 Å². The van der Waals surface area contributed by atoms with Crippen LogP contribution in [0.25, 0.3) is 5.69 Å². The summed E-state index contributed by atoms with van der Waals surface area (Å²) in [6, 6.07) is 6.21. The van der Waals surface area contributed by atoms with Gasteiger partial charge in [0.05, 0.1) is 19.9 Å². The Labute approximate surface area is 111 Å². The fourth-order valence-corrected chi connectivity index (χ4v) is 1.80. The molecule has 7 heteroatoms. The summed E-state index contributed by atoms with van der Waals surface area (Å²) < 4.78 is 2.36. The molecule has 1 heterocycles. The molecule has 2 aromatic rings. The highest BCUT2D eigenvalue weighted by atomic mass is 127. The average Bonchev–Trinajstić information content (AvgIpc) is 2.57. The lowest BCUT2D eigenvalue weighted by atomic mass is 10.3. The van der Waals surface area contributed by atoms with Crippen LogP contribution < -0.4 is 5.73 Å². The molecule has 0 radical (unpaired) electrons. The quantitative estimate of drug-likeness (QED) is 0.514. The summed E-state index contributed by atoms with van der Waals surface area (Å²) in [5, 5.41) is 14.9. The maximum atomic E-state index is 10.7. The van der Waals surface area contributed by atoms with E-state index < -0.39 is 4.92 Å². The first-order chi connectivity index (χ1) is 8.00. The first-order valence-corrected chi connectivity index (χ1v) is 5.84. The highest BCUT2D eigenvalue weighted by molar-refractivity contribution is 14.1. The molecular weight excluding hydrogens is 335 g/mol. The molecule has 0 saturated carbocycles. The Morgan fingerprint density at radius 3 is 2.76 bits per heavy atom. The van der Waals surface area contributed by atoms with Gasteiger partial charge in [0, 0.05) is 12.1 Å². The van der Waals surface area contributed by atoms with Crippen LogP contribution in [-0.2, 0) is 0 Å². The van der Waals surface area contributed by atoms with Crippen molar-refractivity contribution in [1.29, 1.82) is 0 Å². The van der Waals surface area contributed by atoms with Crippen molar-refractivity contribution in [2.75, 3.05) is 5.73 Å². The SMILES string of the molecule is Cc1nn(-c2cccc([N+](=O)[O-])c2)c(N)c1I. The molecule has 0 spiro atoms. The van der Waals surface area contributed by atoms with E-state index >= 15 is 0 Å². The summed E-state index contributed by atoms with van der Waals surface area (Å²) in [5.74, 6) is 0.489. The molecule has 2 rings (SSSR count). The van der Waals surface area contributed by atoms with Gasteiger partial charge in [0.15, 0.2) is 0 Å². The summed E-state index contributed by atoms with van der Waals surface area (Å²) in [7, 11) is 0. The molecule has 1 aromatic heterocycles. The molecule has 88 valence electrons. The number of nitrogens with zero attached hydrogens (tertiary/aromatic N) is 3. The van der Waals surface area contributed by atoms with Gasteiger partial charge >= 0.3 is 0 Å². The number of halogens is 1. The van der Waals surface area contributed by atoms with E-state index in [9.17, 15) is 10.1 Å². The minimum atomic E-state index is -0.443. The van der Waals surface area contributed by atoms with E-state index in [-0.39, 0.29) is 5.69 Å². The van der Waals surface area contributed by atoms with Gasteiger partial charge in [0.25, 0.3) is 5.69 Å². The largest absolute Gasteiger partial charge is 0.383 e. The van der Waals surface area contributed by atoms with Crippen molar-refractivity contribution >= 4 is 34.1 Å².